The maximum atomic E-state index is 4.42. The van der Waals surface area contributed by atoms with Crippen LogP contribution in [0.2, 0.25) is 0 Å². The van der Waals surface area contributed by atoms with Crippen LogP contribution in [0.4, 0.5) is 5.82 Å². The molecule has 0 aliphatic carbocycles. The van der Waals surface area contributed by atoms with Crippen molar-refractivity contribution in [3.63, 3.8) is 0 Å². The predicted octanol–water partition coefficient (Wildman–Crippen LogP) is 2.46. The Hall–Kier alpha value is -0.680. The molecule has 1 fully saturated rings. The molecular formula is C13H21BrN4. The third-order valence-corrected chi connectivity index (χ3v) is 3.94. The zero-order valence-electron chi connectivity index (χ0n) is 10.9. The molecule has 2 heterocycles. The molecule has 0 unspecified atom stereocenters. The summed E-state index contributed by atoms with van der Waals surface area (Å²) >= 11 is 3.55. The van der Waals surface area contributed by atoms with Gasteiger partial charge in [-0.3, -0.25) is 0 Å². The number of piperidine rings is 1. The van der Waals surface area contributed by atoms with Gasteiger partial charge in [0.2, 0.25) is 0 Å². The molecule has 0 radical (unpaired) electrons. The highest BCUT2D eigenvalue weighted by Crippen LogP contribution is 2.24. The molecule has 1 aromatic heterocycles. The van der Waals surface area contributed by atoms with Gasteiger partial charge in [-0.25, -0.2) is 9.97 Å². The summed E-state index contributed by atoms with van der Waals surface area (Å²) in [7, 11) is 0. The minimum Gasteiger partial charge on any atom is -0.355 e. The molecule has 1 aromatic rings. The fraction of sp³-hybridized carbons (Fsp3) is 0.692. The van der Waals surface area contributed by atoms with Crippen molar-refractivity contribution in [1.82, 2.24) is 15.3 Å². The first-order valence-corrected chi connectivity index (χ1v) is 7.51. The number of nitrogens with zero attached hydrogens (tertiary/aromatic N) is 3. The lowest BCUT2D eigenvalue weighted by Crippen LogP contribution is -2.37. The highest BCUT2D eigenvalue weighted by molar-refractivity contribution is 9.10. The van der Waals surface area contributed by atoms with Gasteiger partial charge in [0.1, 0.15) is 12.1 Å². The Balaban J connectivity index is 2.05. The fourth-order valence-corrected chi connectivity index (χ4v) is 2.94. The van der Waals surface area contributed by atoms with Crippen molar-refractivity contribution in [2.45, 2.75) is 26.2 Å². The summed E-state index contributed by atoms with van der Waals surface area (Å²) in [6, 6.07) is 0. The number of aromatic nitrogens is 2. The van der Waals surface area contributed by atoms with E-state index in [2.05, 4.69) is 43.0 Å². The van der Waals surface area contributed by atoms with Gasteiger partial charge >= 0.3 is 0 Å². The summed E-state index contributed by atoms with van der Waals surface area (Å²) in [6.45, 7) is 6.67. The second kappa shape index (κ2) is 7.04. The Morgan fingerprint density at radius 2 is 2.22 bits per heavy atom. The number of nitrogens with one attached hydrogen (secondary N) is 1. The Kier molecular flexibility index (Phi) is 5.38. The molecule has 4 nitrogen and oxygen atoms in total. The minimum absolute atomic E-state index is 0.777. The Morgan fingerprint density at radius 3 is 2.89 bits per heavy atom. The smallest absolute Gasteiger partial charge is 0.146 e. The van der Waals surface area contributed by atoms with Gasteiger partial charge in [0.05, 0.1) is 4.47 Å². The summed E-state index contributed by atoms with van der Waals surface area (Å²) in [5.74, 6) is 1.81. The summed E-state index contributed by atoms with van der Waals surface area (Å²) in [4.78, 5) is 10.8. The van der Waals surface area contributed by atoms with Crippen molar-refractivity contribution in [2.75, 3.05) is 31.1 Å². The predicted molar refractivity (Wildman–Crippen MR) is 77.8 cm³/mol. The van der Waals surface area contributed by atoms with Crippen LogP contribution in [0.25, 0.3) is 0 Å². The number of rotatable bonds is 5. The summed E-state index contributed by atoms with van der Waals surface area (Å²) in [6.07, 6.45) is 7.13. The molecule has 1 aliphatic heterocycles. The van der Waals surface area contributed by atoms with Crippen molar-refractivity contribution in [3.05, 3.63) is 17.0 Å². The first-order valence-electron chi connectivity index (χ1n) is 6.72. The molecule has 100 valence electrons. The molecule has 2 rings (SSSR count). The van der Waals surface area contributed by atoms with E-state index in [0.29, 0.717) is 0 Å². The van der Waals surface area contributed by atoms with Crippen LogP contribution in [0.3, 0.4) is 0 Å². The van der Waals surface area contributed by atoms with Gasteiger partial charge in [0.15, 0.2) is 0 Å². The first-order chi connectivity index (χ1) is 8.81. The van der Waals surface area contributed by atoms with E-state index in [1.807, 2.05) is 6.20 Å². The Labute approximate surface area is 117 Å². The number of anilines is 1. The first kappa shape index (κ1) is 13.7. The van der Waals surface area contributed by atoms with Crippen LogP contribution in [0.5, 0.6) is 0 Å². The summed E-state index contributed by atoms with van der Waals surface area (Å²) < 4.78 is 0.993. The largest absolute Gasteiger partial charge is 0.355 e. The molecule has 0 saturated carbocycles. The van der Waals surface area contributed by atoms with E-state index >= 15 is 0 Å². The highest BCUT2D eigenvalue weighted by atomic mass is 79.9. The van der Waals surface area contributed by atoms with E-state index in [-0.39, 0.29) is 0 Å². The van der Waals surface area contributed by atoms with E-state index in [9.17, 15) is 0 Å². The van der Waals surface area contributed by atoms with Gasteiger partial charge in [0.25, 0.3) is 0 Å². The van der Waals surface area contributed by atoms with Gasteiger partial charge < -0.3 is 10.2 Å². The van der Waals surface area contributed by atoms with Crippen LogP contribution < -0.4 is 10.2 Å². The molecular weight excluding hydrogens is 292 g/mol. The molecule has 0 bridgehead atoms. The molecule has 0 aromatic carbocycles. The SMILES string of the molecule is CCCN(CC1CCNCC1)c1ncncc1Br. The van der Waals surface area contributed by atoms with Crippen LogP contribution >= 0.6 is 15.9 Å². The molecule has 1 N–H and O–H groups in total. The molecule has 0 spiro atoms. The van der Waals surface area contributed by atoms with Crippen LogP contribution in [0.1, 0.15) is 26.2 Å². The highest BCUT2D eigenvalue weighted by Gasteiger charge is 2.19. The van der Waals surface area contributed by atoms with Gasteiger partial charge in [-0.2, -0.15) is 0 Å². The van der Waals surface area contributed by atoms with E-state index in [1.165, 1.54) is 12.8 Å². The van der Waals surface area contributed by atoms with Gasteiger partial charge in [-0.15, -0.1) is 0 Å². The van der Waals surface area contributed by atoms with E-state index in [4.69, 9.17) is 0 Å². The molecule has 18 heavy (non-hydrogen) atoms. The Morgan fingerprint density at radius 1 is 1.44 bits per heavy atom. The normalized spacial score (nSPS) is 16.8. The van der Waals surface area contributed by atoms with Crippen LogP contribution in [-0.4, -0.2) is 36.1 Å². The monoisotopic (exact) mass is 312 g/mol. The van der Waals surface area contributed by atoms with Crippen molar-refractivity contribution < 1.29 is 0 Å². The fourth-order valence-electron chi connectivity index (χ4n) is 2.47. The zero-order valence-corrected chi connectivity index (χ0v) is 12.5. The third-order valence-electron chi connectivity index (χ3n) is 3.38. The van der Waals surface area contributed by atoms with Gasteiger partial charge in [-0.05, 0) is 54.2 Å². The van der Waals surface area contributed by atoms with Crippen molar-refractivity contribution in [1.29, 1.82) is 0 Å². The van der Waals surface area contributed by atoms with Crippen molar-refractivity contribution in [2.24, 2.45) is 5.92 Å². The topological polar surface area (TPSA) is 41.0 Å². The number of hydrogen-bond donors (Lipinski definition) is 1. The lowest BCUT2D eigenvalue weighted by atomic mass is 9.97. The molecule has 0 amide bonds. The van der Waals surface area contributed by atoms with Crippen LogP contribution in [0, 0.1) is 5.92 Å². The minimum atomic E-state index is 0.777. The molecule has 5 heteroatoms. The maximum absolute atomic E-state index is 4.42. The molecule has 1 saturated heterocycles. The number of halogens is 1. The van der Waals surface area contributed by atoms with Crippen LogP contribution in [0.15, 0.2) is 17.0 Å². The average molecular weight is 313 g/mol. The van der Waals surface area contributed by atoms with Crippen LogP contribution in [-0.2, 0) is 0 Å². The van der Waals surface area contributed by atoms with Gasteiger partial charge in [0, 0.05) is 19.3 Å². The van der Waals surface area contributed by atoms with E-state index in [0.717, 1.165) is 48.8 Å². The summed E-state index contributed by atoms with van der Waals surface area (Å²) in [5.41, 5.74) is 0. The maximum Gasteiger partial charge on any atom is 0.146 e. The van der Waals surface area contributed by atoms with Gasteiger partial charge in [-0.1, -0.05) is 6.92 Å². The summed E-state index contributed by atoms with van der Waals surface area (Å²) in [5, 5.41) is 3.42. The second-order valence-electron chi connectivity index (χ2n) is 4.83. The average Bonchev–Trinajstić information content (AvgIpc) is 2.40. The molecule has 0 atom stereocenters. The van der Waals surface area contributed by atoms with Crippen molar-refractivity contribution in [3.8, 4) is 0 Å². The standard InChI is InChI=1S/C13H21BrN4/c1-2-7-18(9-11-3-5-15-6-4-11)13-12(14)8-16-10-17-13/h8,10-11,15H,2-7,9H2,1H3. The van der Waals surface area contributed by atoms with Crippen molar-refractivity contribution >= 4 is 21.7 Å². The third kappa shape index (κ3) is 3.65. The lowest BCUT2D eigenvalue weighted by Gasteiger charge is -2.31. The zero-order chi connectivity index (χ0) is 12.8. The Bertz CT molecular complexity index is 366. The quantitative estimate of drug-likeness (QED) is 0.906. The van der Waals surface area contributed by atoms with E-state index < -0.39 is 0 Å². The lowest BCUT2D eigenvalue weighted by molar-refractivity contribution is 0.372. The second-order valence-corrected chi connectivity index (χ2v) is 5.69. The molecule has 1 aliphatic rings. The van der Waals surface area contributed by atoms with E-state index in [1.54, 1.807) is 6.33 Å². The number of hydrogen-bond acceptors (Lipinski definition) is 4.